The molecule has 2 atom stereocenters. The number of benzene rings is 2. The number of nitrogens with one attached hydrogen (secondary N) is 1. The maximum Gasteiger partial charge on any atom is 0.420 e. The number of likely N-dealkylation sites (tertiary alicyclic amines) is 1. The number of carbonyl (C=O) groups excluding carboxylic acids is 1. The third kappa shape index (κ3) is 3.85. The Labute approximate surface area is 175 Å². The fourth-order valence-electron chi connectivity index (χ4n) is 4.24. The van der Waals surface area contributed by atoms with E-state index < -0.39 is 11.8 Å². The molecular formula is C23H27N3O4. The first-order valence-corrected chi connectivity index (χ1v) is 10.3. The number of aromatic nitrogens is 1. The van der Waals surface area contributed by atoms with E-state index in [4.69, 9.17) is 9.15 Å². The lowest BCUT2D eigenvalue weighted by Crippen LogP contribution is -2.40. The molecule has 1 aliphatic heterocycles. The third-order valence-corrected chi connectivity index (χ3v) is 5.83. The summed E-state index contributed by atoms with van der Waals surface area (Å²) in [5, 5.41) is 3.05. The topological polar surface area (TPSA) is 76.7 Å². The molecule has 158 valence electrons. The van der Waals surface area contributed by atoms with Crippen LogP contribution >= 0.6 is 0 Å². The fraction of sp³-hybridized carbons (Fsp3) is 0.391. The lowest BCUT2D eigenvalue weighted by molar-refractivity contribution is -0.124. The molecular weight excluding hydrogens is 382 g/mol. The maximum absolute atomic E-state index is 13.0. The van der Waals surface area contributed by atoms with Gasteiger partial charge in [0.1, 0.15) is 11.8 Å². The van der Waals surface area contributed by atoms with E-state index in [0.717, 1.165) is 37.2 Å². The van der Waals surface area contributed by atoms with Gasteiger partial charge in [-0.05, 0) is 51.1 Å². The first-order chi connectivity index (χ1) is 14.6. The Bertz CT molecular complexity index is 1080. The Kier molecular flexibility index (Phi) is 5.90. The van der Waals surface area contributed by atoms with Crippen LogP contribution in [0.15, 0.2) is 57.7 Å². The third-order valence-electron chi connectivity index (χ3n) is 5.83. The molecule has 0 spiro atoms. The van der Waals surface area contributed by atoms with Gasteiger partial charge in [0.25, 0.3) is 0 Å². The van der Waals surface area contributed by atoms with Crippen molar-refractivity contribution in [3.8, 4) is 5.75 Å². The van der Waals surface area contributed by atoms with Crippen LogP contribution in [0.25, 0.3) is 11.1 Å². The summed E-state index contributed by atoms with van der Waals surface area (Å²) in [5.41, 5.74) is 2.15. The highest BCUT2D eigenvalue weighted by Gasteiger charge is 2.28. The standard InChI is InChI=1S/C23H27N3O4/c1-16(26-18-10-4-6-12-21(18)30-23(26)28)22(27)24-15-19(25-13-7-8-14-25)17-9-3-5-11-20(17)29-2/h3-6,9-12,16,19H,7-8,13-15H2,1-2H3,(H,24,27). The van der Waals surface area contributed by atoms with Gasteiger partial charge in [0.2, 0.25) is 5.91 Å². The van der Waals surface area contributed by atoms with E-state index >= 15 is 0 Å². The summed E-state index contributed by atoms with van der Waals surface area (Å²) in [6.45, 7) is 4.13. The zero-order valence-corrected chi connectivity index (χ0v) is 17.3. The van der Waals surface area contributed by atoms with E-state index in [1.54, 1.807) is 32.2 Å². The first-order valence-electron chi connectivity index (χ1n) is 10.3. The molecule has 30 heavy (non-hydrogen) atoms. The highest BCUT2D eigenvalue weighted by molar-refractivity contribution is 5.82. The molecule has 2 heterocycles. The van der Waals surface area contributed by atoms with E-state index in [9.17, 15) is 9.59 Å². The molecule has 0 aliphatic carbocycles. The monoisotopic (exact) mass is 409 g/mol. The molecule has 0 bridgehead atoms. The number of ether oxygens (including phenoxy) is 1. The van der Waals surface area contributed by atoms with E-state index in [0.29, 0.717) is 17.6 Å². The Morgan fingerprint density at radius 1 is 1.13 bits per heavy atom. The lowest BCUT2D eigenvalue weighted by atomic mass is 10.0. The molecule has 7 nitrogen and oxygen atoms in total. The van der Waals surface area contributed by atoms with Crippen molar-refractivity contribution in [3.63, 3.8) is 0 Å². The molecule has 1 saturated heterocycles. The molecule has 3 aromatic rings. The molecule has 2 unspecified atom stereocenters. The van der Waals surface area contributed by atoms with Gasteiger partial charge >= 0.3 is 5.76 Å². The van der Waals surface area contributed by atoms with E-state index in [-0.39, 0.29) is 11.9 Å². The number of methoxy groups -OCH3 is 1. The predicted octanol–water partition coefficient (Wildman–Crippen LogP) is 3.12. The fourth-order valence-corrected chi connectivity index (χ4v) is 4.24. The van der Waals surface area contributed by atoms with Gasteiger partial charge in [0.05, 0.1) is 18.7 Å². The second-order valence-electron chi connectivity index (χ2n) is 7.63. The van der Waals surface area contributed by atoms with E-state index in [1.807, 2.05) is 30.3 Å². The molecule has 2 aromatic carbocycles. The van der Waals surface area contributed by atoms with Crippen LogP contribution in [0, 0.1) is 0 Å². The van der Waals surface area contributed by atoms with Crippen LogP contribution in [0.4, 0.5) is 0 Å². The van der Waals surface area contributed by atoms with Crippen LogP contribution in [-0.2, 0) is 4.79 Å². The minimum absolute atomic E-state index is 0.0117. The Hall–Kier alpha value is -3.06. The number of hydrogen-bond donors (Lipinski definition) is 1. The number of nitrogens with zero attached hydrogens (tertiary/aromatic N) is 2. The summed E-state index contributed by atoms with van der Waals surface area (Å²) in [5.74, 6) is 0.0659. The highest BCUT2D eigenvalue weighted by Crippen LogP contribution is 2.31. The number of hydrogen-bond acceptors (Lipinski definition) is 5. The maximum atomic E-state index is 13.0. The van der Waals surface area contributed by atoms with Crippen LogP contribution in [0.3, 0.4) is 0 Å². The summed E-state index contributed by atoms with van der Waals surface area (Å²) in [6, 6.07) is 14.4. The van der Waals surface area contributed by atoms with Gasteiger partial charge in [-0.1, -0.05) is 30.3 Å². The number of oxazole rings is 1. The molecule has 1 amide bonds. The smallest absolute Gasteiger partial charge is 0.420 e. The SMILES string of the molecule is COc1ccccc1C(CNC(=O)C(C)n1c(=O)oc2ccccc21)N1CCCC1. The van der Waals surface area contributed by atoms with Crippen LogP contribution < -0.4 is 15.8 Å². The number of fused-ring (bicyclic) bond motifs is 1. The molecule has 0 saturated carbocycles. The number of carbonyl (C=O) groups is 1. The molecule has 0 radical (unpaired) electrons. The number of rotatable bonds is 7. The molecule has 1 aromatic heterocycles. The van der Waals surface area contributed by atoms with Gasteiger partial charge in [-0.2, -0.15) is 0 Å². The van der Waals surface area contributed by atoms with E-state index in [2.05, 4.69) is 10.2 Å². The average molecular weight is 409 g/mol. The van der Waals surface area contributed by atoms with Crippen molar-refractivity contribution < 1.29 is 13.9 Å². The van der Waals surface area contributed by atoms with E-state index in [1.165, 1.54) is 4.57 Å². The van der Waals surface area contributed by atoms with Crippen LogP contribution in [0.1, 0.15) is 37.4 Å². The Morgan fingerprint density at radius 2 is 1.83 bits per heavy atom. The van der Waals surface area contributed by atoms with Gasteiger partial charge in [-0.3, -0.25) is 14.3 Å². The predicted molar refractivity (Wildman–Crippen MR) is 115 cm³/mol. The summed E-state index contributed by atoms with van der Waals surface area (Å²) in [4.78, 5) is 27.7. The van der Waals surface area contributed by atoms with Crippen molar-refractivity contribution in [3.05, 3.63) is 64.6 Å². The van der Waals surface area contributed by atoms with Crippen LogP contribution in [-0.4, -0.2) is 42.1 Å². The van der Waals surface area contributed by atoms with Crippen molar-refractivity contribution in [2.24, 2.45) is 0 Å². The Morgan fingerprint density at radius 3 is 2.60 bits per heavy atom. The van der Waals surface area contributed by atoms with Crippen molar-refractivity contribution in [1.29, 1.82) is 0 Å². The summed E-state index contributed by atoms with van der Waals surface area (Å²) >= 11 is 0. The zero-order chi connectivity index (χ0) is 21.1. The van der Waals surface area contributed by atoms with Gasteiger partial charge in [-0.25, -0.2) is 4.79 Å². The lowest BCUT2D eigenvalue weighted by Gasteiger charge is -2.29. The molecule has 1 aliphatic rings. The second kappa shape index (κ2) is 8.75. The van der Waals surface area contributed by atoms with Crippen molar-refractivity contribution in [1.82, 2.24) is 14.8 Å². The van der Waals surface area contributed by atoms with Gasteiger partial charge in [-0.15, -0.1) is 0 Å². The largest absolute Gasteiger partial charge is 0.496 e. The molecule has 4 rings (SSSR count). The minimum atomic E-state index is -0.682. The molecule has 7 heteroatoms. The molecule has 1 N–H and O–H groups in total. The minimum Gasteiger partial charge on any atom is -0.496 e. The van der Waals surface area contributed by atoms with Gasteiger partial charge < -0.3 is 14.5 Å². The summed E-state index contributed by atoms with van der Waals surface area (Å²) < 4.78 is 12.2. The quantitative estimate of drug-likeness (QED) is 0.649. The first kappa shape index (κ1) is 20.2. The van der Waals surface area contributed by atoms with Crippen molar-refractivity contribution in [2.75, 3.05) is 26.7 Å². The second-order valence-corrected chi connectivity index (χ2v) is 7.63. The number of amides is 1. The van der Waals surface area contributed by atoms with Gasteiger partial charge in [0.15, 0.2) is 5.58 Å². The normalized spacial score (nSPS) is 16.5. The zero-order valence-electron chi connectivity index (χ0n) is 17.3. The summed E-state index contributed by atoms with van der Waals surface area (Å²) in [6.07, 6.45) is 2.29. The summed E-state index contributed by atoms with van der Waals surface area (Å²) in [7, 11) is 1.66. The highest BCUT2D eigenvalue weighted by atomic mass is 16.5. The average Bonchev–Trinajstić information content (AvgIpc) is 3.41. The van der Waals surface area contributed by atoms with Crippen molar-refractivity contribution >= 4 is 17.0 Å². The van der Waals surface area contributed by atoms with Crippen molar-refractivity contribution in [2.45, 2.75) is 31.8 Å². The Balaban J connectivity index is 1.55. The van der Waals surface area contributed by atoms with Crippen LogP contribution in [0.5, 0.6) is 5.75 Å². The number of para-hydroxylation sites is 3. The van der Waals surface area contributed by atoms with Gasteiger partial charge in [0, 0.05) is 12.1 Å². The molecule has 1 fully saturated rings. The van der Waals surface area contributed by atoms with Crippen LogP contribution in [0.2, 0.25) is 0 Å².